The summed E-state index contributed by atoms with van der Waals surface area (Å²) in [6.07, 6.45) is 0.297. The largest absolute Gasteiger partial charge is 0.497 e. The number of methoxy groups -OCH3 is 1. The van der Waals surface area contributed by atoms with Crippen molar-refractivity contribution >= 4 is 50.7 Å². The van der Waals surface area contributed by atoms with Crippen LogP contribution in [0.25, 0.3) is 0 Å². The number of nitrogens with zero attached hydrogens (tertiary/aromatic N) is 2. The van der Waals surface area contributed by atoms with E-state index in [0.717, 1.165) is 4.31 Å². The molecule has 1 N–H and O–H groups in total. The van der Waals surface area contributed by atoms with Gasteiger partial charge in [-0.25, -0.2) is 8.42 Å². The number of nitrogens with one attached hydrogen (secondary N) is 1. The molecule has 0 radical (unpaired) electrons. The smallest absolute Gasteiger partial charge is 0.264 e. The lowest BCUT2D eigenvalue weighted by Gasteiger charge is -2.33. The molecule has 3 aromatic rings. The zero-order valence-electron chi connectivity index (χ0n) is 23.5. The number of carbonyl (C=O) groups excluding carboxylic acids is 2. The fraction of sp³-hybridized carbons (Fsp3) is 0.333. The monoisotopic (exact) mass is 619 g/mol. The van der Waals surface area contributed by atoms with Gasteiger partial charge in [-0.3, -0.25) is 13.9 Å². The molecular formula is C30H35Cl2N3O5S. The minimum absolute atomic E-state index is 0.0182. The molecule has 0 aromatic heterocycles. The Morgan fingerprint density at radius 3 is 2.29 bits per heavy atom. The van der Waals surface area contributed by atoms with Gasteiger partial charge in [-0.2, -0.15) is 0 Å². The molecule has 1 atom stereocenters. The quantitative estimate of drug-likeness (QED) is 0.262. The number of anilines is 1. The molecule has 0 heterocycles. The maximum absolute atomic E-state index is 14.1. The minimum atomic E-state index is -4.18. The predicted molar refractivity (Wildman–Crippen MR) is 163 cm³/mol. The van der Waals surface area contributed by atoms with Gasteiger partial charge in [0.25, 0.3) is 10.0 Å². The predicted octanol–water partition coefficient (Wildman–Crippen LogP) is 5.78. The first kappa shape index (κ1) is 32.2. The highest BCUT2D eigenvalue weighted by Crippen LogP contribution is 2.28. The maximum atomic E-state index is 14.1. The first-order chi connectivity index (χ1) is 19.5. The minimum Gasteiger partial charge on any atom is -0.497 e. The van der Waals surface area contributed by atoms with Crippen LogP contribution in [0.4, 0.5) is 5.69 Å². The van der Waals surface area contributed by atoms with Crippen LogP contribution in [0.15, 0.2) is 77.7 Å². The maximum Gasteiger partial charge on any atom is 0.264 e. The summed E-state index contributed by atoms with van der Waals surface area (Å²) in [4.78, 5) is 28.8. The zero-order valence-corrected chi connectivity index (χ0v) is 25.8. The number of carbonyl (C=O) groups is 2. The van der Waals surface area contributed by atoms with E-state index in [1.165, 1.54) is 24.1 Å². The van der Waals surface area contributed by atoms with Crippen LogP contribution in [0, 0.1) is 5.92 Å². The summed E-state index contributed by atoms with van der Waals surface area (Å²) in [5.41, 5.74) is 0.807. The Bertz CT molecular complexity index is 1450. The Hall–Kier alpha value is -3.27. The molecule has 0 aliphatic rings. The van der Waals surface area contributed by atoms with Crippen LogP contribution in [0.1, 0.15) is 32.8 Å². The average Bonchev–Trinajstić information content (AvgIpc) is 2.96. The van der Waals surface area contributed by atoms with E-state index < -0.39 is 28.5 Å². The van der Waals surface area contributed by atoms with Gasteiger partial charge in [0, 0.05) is 29.2 Å². The second-order valence-corrected chi connectivity index (χ2v) is 12.6. The topological polar surface area (TPSA) is 96.0 Å². The first-order valence-electron chi connectivity index (χ1n) is 13.2. The number of benzene rings is 3. The van der Waals surface area contributed by atoms with E-state index in [1.807, 2.05) is 13.8 Å². The molecule has 3 rings (SSSR count). The van der Waals surface area contributed by atoms with Crippen LogP contribution in [-0.4, -0.2) is 51.4 Å². The molecule has 0 saturated carbocycles. The summed E-state index contributed by atoms with van der Waals surface area (Å²) < 4.78 is 34.1. The standard InChI is InChI=1S/C30H35Cl2N3O5S/c1-5-28(30(37)33-18-21(2)3)34(19-22-14-15-23(31)16-27(22)32)29(36)20-35(24-10-9-11-25(17-24)40-4)41(38,39)26-12-7-6-8-13-26/h6-17,21,28H,5,18-20H2,1-4H3,(H,33,37)/t28-/m1/s1. The molecule has 0 bridgehead atoms. The highest BCUT2D eigenvalue weighted by Gasteiger charge is 2.34. The van der Waals surface area contributed by atoms with Crippen LogP contribution in [0.3, 0.4) is 0 Å². The van der Waals surface area contributed by atoms with Gasteiger partial charge in [0.2, 0.25) is 11.8 Å². The lowest BCUT2D eigenvalue weighted by molar-refractivity contribution is -0.140. The van der Waals surface area contributed by atoms with Crippen molar-refractivity contribution in [3.8, 4) is 5.75 Å². The highest BCUT2D eigenvalue weighted by molar-refractivity contribution is 7.92. The molecule has 11 heteroatoms. The van der Waals surface area contributed by atoms with Gasteiger partial charge in [-0.05, 0) is 54.3 Å². The SMILES string of the molecule is CC[C@H](C(=O)NCC(C)C)N(Cc1ccc(Cl)cc1Cl)C(=O)CN(c1cccc(OC)c1)S(=O)(=O)c1ccccc1. The van der Waals surface area contributed by atoms with Crippen molar-refractivity contribution in [3.63, 3.8) is 0 Å². The van der Waals surface area contributed by atoms with Crippen LogP contribution in [0.5, 0.6) is 5.75 Å². The molecule has 41 heavy (non-hydrogen) atoms. The van der Waals surface area contributed by atoms with E-state index in [-0.39, 0.29) is 29.0 Å². The van der Waals surface area contributed by atoms with Crippen molar-refractivity contribution in [1.82, 2.24) is 10.2 Å². The van der Waals surface area contributed by atoms with Crippen molar-refractivity contribution in [2.45, 2.75) is 44.7 Å². The molecule has 0 saturated heterocycles. The molecule has 220 valence electrons. The lowest BCUT2D eigenvalue weighted by Crippen LogP contribution is -2.52. The molecule has 0 spiro atoms. The third kappa shape index (κ3) is 8.38. The van der Waals surface area contributed by atoms with E-state index in [4.69, 9.17) is 27.9 Å². The Balaban J connectivity index is 2.08. The molecular weight excluding hydrogens is 585 g/mol. The van der Waals surface area contributed by atoms with Gasteiger partial charge in [0.1, 0.15) is 18.3 Å². The second-order valence-electron chi connectivity index (χ2n) is 9.85. The Morgan fingerprint density at radius 2 is 1.68 bits per heavy atom. The number of hydrogen-bond donors (Lipinski definition) is 1. The number of hydrogen-bond acceptors (Lipinski definition) is 5. The van der Waals surface area contributed by atoms with E-state index in [0.29, 0.717) is 34.3 Å². The molecule has 2 amide bonds. The van der Waals surface area contributed by atoms with E-state index in [2.05, 4.69) is 5.32 Å². The van der Waals surface area contributed by atoms with Crippen LogP contribution in [-0.2, 0) is 26.2 Å². The molecule has 0 unspecified atom stereocenters. The number of rotatable bonds is 13. The van der Waals surface area contributed by atoms with Crippen molar-refractivity contribution in [2.75, 3.05) is 24.5 Å². The lowest BCUT2D eigenvalue weighted by atomic mass is 10.1. The van der Waals surface area contributed by atoms with Gasteiger partial charge in [-0.15, -0.1) is 0 Å². The summed E-state index contributed by atoms with van der Waals surface area (Å²) >= 11 is 12.5. The average molecular weight is 621 g/mol. The van der Waals surface area contributed by atoms with Crippen molar-refractivity contribution in [2.24, 2.45) is 5.92 Å². The van der Waals surface area contributed by atoms with Crippen LogP contribution < -0.4 is 14.4 Å². The molecule has 3 aromatic carbocycles. The van der Waals surface area contributed by atoms with E-state index in [1.54, 1.807) is 67.6 Å². The second kappa shape index (κ2) is 14.6. The number of amides is 2. The van der Waals surface area contributed by atoms with Gasteiger partial charge in [0.15, 0.2) is 0 Å². The van der Waals surface area contributed by atoms with Gasteiger partial charge in [-0.1, -0.05) is 74.3 Å². The van der Waals surface area contributed by atoms with Gasteiger partial charge in [0.05, 0.1) is 17.7 Å². The van der Waals surface area contributed by atoms with E-state index >= 15 is 0 Å². The summed E-state index contributed by atoms with van der Waals surface area (Å²) in [5.74, 6) is -0.290. The number of ether oxygens (including phenoxy) is 1. The van der Waals surface area contributed by atoms with Crippen molar-refractivity contribution in [1.29, 1.82) is 0 Å². The summed E-state index contributed by atoms with van der Waals surface area (Å²) in [6, 6.07) is 18.3. The Morgan fingerprint density at radius 1 is 0.976 bits per heavy atom. The van der Waals surface area contributed by atoms with Gasteiger partial charge >= 0.3 is 0 Å². The fourth-order valence-corrected chi connectivity index (χ4v) is 6.08. The molecule has 0 aliphatic heterocycles. The normalized spacial score (nSPS) is 12.1. The first-order valence-corrected chi connectivity index (χ1v) is 15.4. The molecule has 8 nitrogen and oxygen atoms in total. The Kier molecular flexibility index (Phi) is 11.5. The molecule has 0 aliphatic carbocycles. The van der Waals surface area contributed by atoms with Crippen molar-refractivity contribution in [3.05, 3.63) is 88.4 Å². The third-order valence-corrected chi connectivity index (χ3v) is 8.75. The summed E-state index contributed by atoms with van der Waals surface area (Å²) in [6.45, 7) is 5.57. The zero-order chi connectivity index (χ0) is 30.2. The number of sulfonamides is 1. The van der Waals surface area contributed by atoms with E-state index in [9.17, 15) is 18.0 Å². The highest BCUT2D eigenvalue weighted by atomic mass is 35.5. The Labute approximate surface area is 252 Å². The van der Waals surface area contributed by atoms with Crippen LogP contribution >= 0.6 is 23.2 Å². The van der Waals surface area contributed by atoms with Crippen molar-refractivity contribution < 1.29 is 22.7 Å². The summed E-state index contributed by atoms with van der Waals surface area (Å²) in [7, 11) is -2.71. The van der Waals surface area contributed by atoms with Crippen LogP contribution in [0.2, 0.25) is 10.0 Å². The third-order valence-electron chi connectivity index (χ3n) is 6.38. The molecule has 0 fully saturated rings. The fourth-order valence-electron chi connectivity index (χ4n) is 4.19. The van der Waals surface area contributed by atoms with Gasteiger partial charge < -0.3 is 15.0 Å². The summed E-state index contributed by atoms with van der Waals surface area (Å²) in [5, 5.41) is 3.65. The number of halogens is 2.